The van der Waals surface area contributed by atoms with Crippen molar-refractivity contribution < 1.29 is 14.3 Å². The zero-order valence-corrected chi connectivity index (χ0v) is 14.1. The largest absolute Gasteiger partial charge is 0.448 e. The van der Waals surface area contributed by atoms with E-state index in [0.717, 1.165) is 10.2 Å². The topological polar surface area (TPSA) is 68.3 Å². The lowest BCUT2D eigenvalue weighted by Gasteiger charge is -2.35. The summed E-state index contributed by atoms with van der Waals surface area (Å²) >= 11 is 1.42. The number of nitrogens with zero attached hydrogens (tertiary/aromatic N) is 1. The van der Waals surface area contributed by atoms with Crippen LogP contribution in [0.4, 0.5) is 5.13 Å². The Hall–Kier alpha value is -1.95. The fraction of sp³-hybridized carbons (Fsp3) is 0.471. The van der Waals surface area contributed by atoms with Gasteiger partial charge in [0.2, 0.25) is 0 Å². The number of rotatable bonds is 2. The third-order valence-corrected chi connectivity index (χ3v) is 6.92. The standard InChI is InChI=1S/C17H18N2O3S/c1-15(2)16(3)8-9-17(15,22-13(16)21)12(20)19-14-18-10-6-4-5-7-11(10)23-14/h4-7H,8-9H2,1-3H3,(H,18,19,20)/t16-,17+/m0/s1. The molecule has 4 rings (SSSR count). The third kappa shape index (κ3) is 1.64. The van der Waals surface area contributed by atoms with Gasteiger partial charge >= 0.3 is 5.97 Å². The Morgan fingerprint density at radius 1 is 1.26 bits per heavy atom. The first-order valence-corrected chi connectivity index (χ1v) is 8.52. The van der Waals surface area contributed by atoms with Crippen molar-refractivity contribution in [3.05, 3.63) is 24.3 Å². The Balaban J connectivity index is 1.68. The van der Waals surface area contributed by atoms with Crippen LogP contribution < -0.4 is 5.32 Å². The molecular weight excluding hydrogens is 312 g/mol. The van der Waals surface area contributed by atoms with Crippen LogP contribution in [0.2, 0.25) is 0 Å². The maximum Gasteiger partial charge on any atom is 0.313 e. The molecule has 0 spiro atoms. The second kappa shape index (κ2) is 4.32. The average molecular weight is 330 g/mol. The average Bonchev–Trinajstić information content (AvgIpc) is 3.04. The molecule has 23 heavy (non-hydrogen) atoms. The number of aromatic nitrogens is 1. The third-order valence-electron chi connectivity index (χ3n) is 5.96. The molecule has 1 N–H and O–H groups in total. The van der Waals surface area contributed by atoms with Crippen molar-refractivity contribution in [2.24, 2.45) is 10.8 Å². The van der Waals surface area contributed by atoms with E-state index in [-0.39, 0.29) is 11.9 Å². The van der Waals surface area contributed by atoms with Gasteiger partial charge in [-0.1, -0.05) is 37.3 Å². The maximum absolute atomic E-state index is 13.0. The first-order chi connectivity index (χ1) is 10.8. The molecule has 2 heterocycles. The highest BCUT2D eigenvalue weighted by Crippen LogP contribution is 2.65. The summed E-state index contributed by atoms with van der Waals surface area (Å²) in [6.07, 6.45) is 1.23. The highest BCUT2D eigenvalue weighted by Gasteiger charge is 2.75. The number of anilines is 1. The minimum absolute atomic E-state index is 0.267. The Labute approximate surface area is 138 Å². The number of thiazole rings is 1. The molecule has 6 heteroatoms. The van der Waals surface area contributed by atoms with Crippen molar-refractivity contribution in [2.45, 2.75) is 39.2 Å². The van der Waals surface area contributed by atoms with E-state index >= 15 is 0 Å². The first kappa shape index (κ1) is 14.6. The quantitative estimate of drug-likeness (QED) is 0.857. The Morgan fingerprint density at radius 2 is 2.00 bits per heavy atom. The molecule has 0 radical (unpaired) electrons. The molecule has 1 aliphatic heterocycles. The van der Waals surface area contributed by atoms with E-state index in [9.17, 15) is 9.59 Å². The molecule has 1 aromatic heterocycles. The van der Waals surface area contributed by atoms with Gasteiger partial charge in [-0.15, -0.1) is 0 Å². The SMILES string of the molecule is CC1(C)[C@@]2(C)CC[C@]1(C(=O)Nc1nc3ccccc3s1)OC2=O. The van der Waals surface area contributed by atoms with Crippen LogP contribution in [0.1, 0.15) is 33.6 Å². The van der Waals surface area contributed by atoms with Crippen LogP contribution in [0.25, 0.3) is 10.2 Å². The molecule has 120 valence electrons. The number of fused-ring (bicyclic) bond motifs is 3. The second-order valence-electron chi connectivity index (χ2n) is 7.11. The van der Waals surface area contributed by atoms with Gasteiger partial charge in [-0.25, -0.2) is 4.98 Å². The Bertz CT molecular complexity index is 810. The molecule has 1 aromatic carbocycles. The lowest BCUT2D eigenvalue weighted by Crippen LogP contribution is -2.50. The van der Waals surface area contributed by atoms with Crippen LogP contribution in [-0.2, 0) is 14.3 Å². The number of benzene rings is 1. The number of amides is 1. The first-order valence-electron chi connectivity index (χ1n) is 7.71. The fourth-order valence-electron chi connectivity index (χ4n) is 3.87. The van der Waals surface area contributed by atoms with Crippen molar-refractivity contribution >= 4 is 38.6 Å². The summed E-state index contributed by atoms with van der Waals surface area (Å²) in [5.74, 6) is -0.538. The summed E-state index contributed by atoms with van der Waals surface area (Å²) in [7, 11) is 0. The number of hydrogen-bond acceptors (Lipinski definition) is 5. The predicted molar refractivity (Wildman–Crippen MR) is 88.2 cm³/mol. The minimum atomic E-state index is -1.10. The highest BCUT2D eigenvalue weighted by atomic mass is 32.1. The number of nitrogens with one attached hydrogen (secondary N) is 1. The fourth-order valence-corrected chi connectivity index (χ4v) is 4.73. The van der Waals surface area contributed by atoms with Gasteiger partial charge in [0.15, 0.2) is 10.7 Å². The molecule has 2 atom stereocenters. The van der Waals surface area contributed by atoms with Crippen LogP contribution in [0.15, 0.2) is 24.3 Å². The van der Waals surface area contributed by atoms with Gasteiger partial charge in [-0.3, -0.25) is 14.9 Å². The normalized spacial score (nSPS) is 31.3. The smallest absolute Gasteiger partial charge is 0.313 e. The number of esters is 1. The summed E-state index contributed by atoms with van der Waals surface area (Å²) in [5, 5.41) is 3.42. The molecule has 2 aliphatic rings. The van der Waals surface area contributed by atoms with Crippen LogP contribution in [0.5, 0.6) is 0 Å². The number of hydrogen-bond donors (Lipinski definition) is 1. The van der Waals surface area contributed by atoms with Gasteiger partial charge in [-0.05, 0) is 31.9 Å². The van der Waals surface area contributed by atoms with Gasteiger partial charge < -0.3 is 4.74 Å². The number of carbonyl (C=O) groups is 2. The summed E-state index contributed by atoms with van der Waals surface area (Å²) < 4.78 is 6.61. The molecule has 1 amide bonds. The van der Waals surface area contributed by atoms with Crippen molar-refractivity contribution in [3.8, 4) is 0 Å². The highest BCUT2D eigenvalue weighted by molar-refractivity contribution is 7.22. The van der Waals surface area contributed by atoms with Gasteiger partial charge in [0.1, 0.15) is 0 Å². The number of carbonyl (C=O) groups excluding carboxylic acids is 2. The molecule has 0 unspecified atom stereocenters. The van der Waals surface area contributed by atoms with Crippen molar-refractivity contribution in [1.82, 2.24) is 4.98 Å². The second-order valence-corrected chi connectivity index (χ2v) is 8.15. The zero-order chi connectivity index (χ0) is 16.5. The molecule has 2 fully saturated rings. The van der Waals surface area contributed by atoms with Crippen LogP contribution in [-0.4, -0.2) is 22.5 Å². The van der Waals surface area contributed by atoms with Crippen LogP contribution >= 0.6 is 11.3 Å². The zero-order valence-electron chi connectivity index (χ0n) is 13.3. The molecule has 1 aliphatic carbocycles. The molecule has 5 nitrogen and oxygen atoms in total. The Morgan fingerprint density at radius 3 is 2.61 bits per heavy atom. The van der Waals surface area contributed by atoms with Crippen LogP contribution in [0, 0.1) is 10.8 Å². The molecule has 1 saturated heterocycles. The summed E-state index contributed by atoms with van der Waals surface area (Å²) in [6.45, 7) is 5.79. The minimum Gasteiger partial charge on any atom is -0.448 e. The van der Waals surface area contributed by atoms with Gasteiger partial charge in [0.25, 0.3) is 5.91 Å². The van der Waals surface area contributed by atoms with Crippen LogP contribution in [0.3, 0.4) is 0 Å². The van der Waals surface area contributed by atoms with E-state index in [0.29, 0.717) is 18.0 Å². The monoisotopic (exact) mass is 330 g/mol. The van der Waals surface area contributed by atoms with Crippen molar-refractivity contribution in [3.63, 3.8) is 0 Å². The van der Waals surface area contributed by atoms with Gasteiger partial charge in [-0.2, -0.15) is 0 Å². The van der Waals surface area contributed by atoms with Gasteiger partial charge in [0.05, 0.1) is 15.6 Å². The molecule has 2 bridgehead atoms. The van der Waals surface area contributed by atoms with E-state index < -0.39 is 16.4 Å². The summed E-state index contributed by atoms with van der Waals surface area (Å²) in [6, 6.07) is 7.73. The van der Waals surface area contributed by atoms with Crippen molar-refractivity contribution in [1.29, 1.82) is 0 Å². The van der Waals surface area contributed by atoms with E-state index in [1.165, 1.54) is 11.3 Å². The summed E-state index contributed by atoms with van der Waals surface area (Å²) in [4.78, 5) is 29.6. The maximum atomic E-state index is 13.0. The lowest BCUT2D eigenvalue weighted by molar-refractivity contribution is -0.165. The van der Waals surface area contributed by atoms with E-state index in [2.05, 4.69) is 10.3 Å². The van der Waals surface area contributed by atoms with E-state index in [1.54, 1.807) is 0 Å². The van der Waals surface area contributed by atoms with E-state index in [1.807, 2.05) is 45.0 Å². The Kier molecular flexibility index (Phi) is 2.75. The molecule has 1 saturated carbocycles. The van der Waals surface area contributed by atoms with E-state index in [4.69, 9.17) is 4.74 Å². The molecule has 2 aromatic rings. The number of para-hydroxylation sites is 1. The summed E-state index contributed by atoms with van der Waals surface area (Å²) in [5.41, 5.74) is -1.39. The number of ether oxygens (including phenoxy) is 1. The van der Waals surface area contributed by atoms with Gasteiger partial charge in [0, 0.05) is 5.41 Å². The van der Waals surface area contributed by atoms with Crippen molar-refractivity contribution in [2.75, 3.05) is 5.32 Å². The lowest BCUT2D eigenvalue weighted by atomic mass is 9.66. The predicted octanol–water partition coefficient (Wildman–Crippen LogP) is 3.36. The molecular formula is C17H18N2O3S.